The Kier molecular flexibility index (Phi) is 5.11. The normalized spacial score (nSPS) is 12.2. The molecule has 2 aromatic rings. The number of nitrogens with one attached hydrogen (secondary N) is 1. The predicted molar refractivity (Wildman–Crippen MR) is 91.2 cm³/mol. The Morgan fingerprint density at radius 2 is 2.10 bits per heavy atom. The molecule has 1 atom stereocenters. The molecule has 0 fully saturated rings. The summed E-state index contributed by atoms with van der Waals surface area (Å²) < 4.78 is 6.52. The van der Waals surface area contributed by atoms with Crippen molar-refractivity contribution in [1.82, 2.24) is 0 Å². The van der Waals surface area contributed by atoms with Crippen molar-refractivity contribution >= 4 is 33.0 Å². The number of methoxy groups -OCH3 is 1. The van der Waals surface area contributed by atoms with Crippen LogP contribution in [0.4, 0.5) is 5.69 Å². The molecule has 2 rings (SSSR count). The molecule has 4 heteroatoms. The van der Waals surface area contributed by atoms with Gasteiger partial charge in [0.05, 0.1) is 18.8 Å². The molecular formula is C16H20BrNOS. The molecule has 108 valence electrons. The number of benzene rings is 1. The van der Waals surface area contributed by atoms with Crippen LogP contribution in [0.2, 0.25) is 0 Å². The first-order chi connectivity index (χ1) is 9.55. The van der Waals surface area contributed by atoms with Gasteiger partial charge in [0.15, 0.2) is 0 Å². The van der Waals surface area contributed by atoms with E-state index in [1.807, 2.05) is 17.4 Å². The topological polar surface area (TPSA) is 21.3 Å². The largest absolute Gasteiger partial charge is 0.495 e. The van der Waals surface area contributed by atoms with E-state index in [2.05, 4.69) is 60.2 Å². The van der Waals surface area contributed by atoms with Crippen LogP contribution in [0.5, 0.6) is 5.75 Å². The molecule has 0 aliphatic heterocycles. The Labute approximate surface area is 133 Å². The molecule has 1 aromatic heterocycles. The molecule has 0 bridgehead atoms. The maximum Gasteiger partial charge on any atom is 0.143 e. The third-order valence-electron chi connectivity index (χ3n) is 3.30. The van der Waals surface area contributed by atoms with E-state index in [0.717, 1.165) is 22.3 Å². The highest BCUT2D eigenvalue weighted by molar-refractivity contribution is 9.10. The van der Waals surface area contributed by atoms with Gasteiger partial charge in [0, 0.05) is 14.2 Å². The number of rotatable bonds is 5. The molecule has 0 aliphatic rings. The summed E-state index contributed by atoms with van der Waals surface area (Å²) in [6.45, 7) is 6.47. The SMILES string of the molecule is CCc1ccc(C(C)Nc2c(C)cc(Br)cc2OC)s1. The van der Waals surface area contributed by atoms with Crippen LogP contribution in [0, 0.1) is 6.92 Å². The number of aryl methyl sites for hydroxylation is 2. The molecule has 20 heavy (non-hydrogen) atoms. The van der Waals surface area contributed by atoms with E-state index in [4.69, 9.17) is 4.74 Å². The van der Waals surface area contributed by atoms with Gasteiger partial charge in [-0.15, -0.1) is 11.3 Å². The molecule has 2 nitrogen and oxygen atoms in total. The van der Waals surface area contributed by atoms with Gasteiger partial charge in [-0.1, -0.05) is 22.9 Å². The Morgan fingerprint density at radius 3 is 2.70 bits per heavy atom. The quantitative estimate of drug-likeness (QED) is 0.759. The van der Waals surface area contributed by atoms with E-state index in [-0.39, 0.29) is 6.04 Å². The zero-order chi connectivity index (χ0) is 14.7. The third kappa shape index (κ3) is 3.36. The molecule has 1 heterocycles. The van der Waals surface area contributed by atoms with Crippen molar-refractivity contribution < 1.29 is 4.74 Å². The summed E-state index contributed by atoms with van der Waals surface area (Å²) in [6.07, 6.45) is 1.10. The Bertz CT molecular complexity index is 594. The van der Waals surface area contributed by atoms with Crippen molar-refractivity contribution in [3.63, 3.8) is 0 Å². The molecule has 0 saturated carbocycles. The van der Waals surface area contributed by atoms with Crippen LogP contribution in [0.1, 0.15) is 35.2 Å². The fourth-order valence-electron chi connectivity index (χ4n) is 2.16. The van der Waals surface area contributed by atoms with Crippen LogP contribution in [-0.4, -0.2) is 7.11 Å². The lowest BCUT2D eigenvalue weighted by Gasteiger charge is -2.19. The first-order valence-electron chi connectivity index (χ1n) is 6.74. The van der Waals surface area contributed by atoms with Gasteiger partial charge < -0.3 is 10.1 Å². The van der Waals surface area contributed by atoms with Crippen LogP contribution in [0.25, 0.3) is 0 Å². The summed E-state index contributed by atoms with van der Waals surface area (Å²) in [5.74, 6) is 0.871. The lowest BCUT2D eigenvalue weighted by molar-refractivity contribution is 0.415. The van der Waals surface area contributed by atoms with Gasteiger partial charge in [-0.2, -0.15) is 0 Å². The third-order valence-corrected chi connectivity index (χ3v) is 5.17. The highest BCUT2D eigenvalue weighted by atomic mass is 79.9. The Morgan fingerprint density at radius 1 is 1.35 bits per heavy atom. The molecule has 1 aromatic carbocycles. The Balaban J connectivity index is 2.25. The molecular weight excluding hydrogens is 334 g/mol. The summed E-state index contributed by atoms with van der Waals surface area (Å²) >= 11 is 5.38. The van der Waals surface area contributed by atoms with Crippen LogP contribution in [-0.2, 0) is 6.42 Å². The number of thiophene rings is 1. The van der Waals surface area contributed by atoms with Crippen LogP contribution >= 0.6 is 27.3 Å². The van der Waals surface area contributed by atoms with Crippen LogP contribution in [0.3, 0.4) is 0 Å². The molecule has 0 spiro atoms. The van der Waals surface area contributed by atoms with E-state index < -0.39 is 0 Å². The first-order valence-corrected chi connectivity index (χ1v) is 8.35. The van der Waals surface area contributed by atoms with Crippen molar-refractivity contribution in [1.29, 1.82) is 0 Å². The second-order valence-corrected chi connectivity index (χ2v) is 6.94. The van der Waals surface area contributed by atoms with Gasteiger partial charge in [-0.3, -0.25) is 0 Å². The zero-order valence-corrected chi connectivity index (χ0v) is 14.7. The molecule has 1 N–H and O–H groups in total. The van der Waals surface area contributed by atoms with Gasteiger partial charge >= 0.3 is 0 Å². The second kappa shape index (κ2) is 6.64. The Hall–Kier alpha value is -1.000. The minimum absolute atomic E-state index is 0.272. The smallest absolute Gasteiger partial charge is 0.143 e. The molecule has 0 amide bonds. The van der Waals surface area contributed by atoms with Gasteiger partial charge in [0.1, 0.15) is 5.75 Å². The number of hydrogen-bond donors (Lipinski definition) is 1. The van der Waals surface area contributed by atoms with Crippen molar-refractivity contribution in [3.8, 4) is 5.75 Å². The van der Waals surface area contributed by atoms with Gasteiger partial charge in [0.25, 0.3) is 0 Å². The summed E-state index contributed by atoms with van der Waals surface area (Å²) in [7, 11) is 1.71. The molecule has 1 unspecified atom stereocenters. The van der Waals surface area contributed by atoms with Gasteiger partial charge in [-0.05, 0) is 50.1 Å². The highest BCUT2D eigenvalue weighted by Crippen LogP contribution is 2.35. The summed E-state index contributed by atoms with van der Waals surface area (Å²) in [6, 6.07) is 8.79. The fraction of sp³-hybridized carbons (Fsp3) is 0.375. The van der Waals surface area contributed by atoms with Crippen molar-refractivity contribution in [2.24, 2.45) is 0 Å². The van der Waals surface area contributed by atoms with Crippen molar-refractivity contribution in [2.45, 2.75) is 33.2 Å². The zero-order valence-electron chi connectivity index (χ0n) is 12.3. The number of hydrogen-bond acceptors (Lipinski definition) is 3. The van der Waals surface area contributed by atoms with Crippen LogP contribution < -0.4 is 10.1 Å². The number of halogens is 1. The average molecular weight is 354 g/mol. The van der Waals surface area contributed by atoms with E-state index in [9.17, 15) is 0 Å². The van der Waals surface area contributed by atoms with Crippen molar-refractivity contribution in [3.05, 3.63) is 44.1 Å². The second-order valence-electron chi connectivity index (χ2n) is 4.82. The minimum Gasteiger partial charge on any atom is -0.495 e. The first kappa shape index (κ1) is 15.4. The van der Waals surface area contributed by atoms with E-state index in [0.29, 0.717) is 0 Å². The van der Waals surface area contributed by atoms with Gasteiger partial charge in [-0.25, -0.2) is 0 Å². The standard InChI is InChI=1S/C16H20BrNOS/c1-5-13-6-7-15(20-13)11(3)18-16-10(2)8-12(17)9-14(16)19-4/h6-9,11,18H,5H2,1-4H3. The lowest BCUT2D eigenvalue weighted by Crippen LogP contribution is -2.07. The fourth-order valence-corrected chi connectivity index (χ4v) is 3.67. The van der Waals surface area contributed by atoms with Gasteiger partial charge in [0.2, 0.25) is 0 Å². The lowest BCUT2D eigenvalue weighted by atomic mass is 10.1. The molecule has 0 aliphatic carbocycles. The number of ether oxygens (including phenoxy) is 1. The maximum absolute atomic E-state index is 5.48. The average Bonchev–Trinajstić information content (AvgIpc) is 2.90. The molecule has 0 radical (unpaired) electrons. The monoisotopic (exact) mass is 353 g/mol. The minimum atomic E-state index is 0.272. The van der Waals surface area contributed by atoms with E-state index >= 15 is 0 Å². The van der Waals surface area contributed by atoms with E-state index in [1.165, 1.54) is 15.3 Å². The highest BCUT2D eigenvalue weighted by Gasteiger charge is 2.13. The van der Waals surface area contributed by atoms with Crippen molar-refractivity contribution in [2.75, 3.05) is 12.4 Å². The van der Waals surface area contributed by atoms with E-state index in [1.54, 1.807) is 7.11 Å². The summed E-state index contributed by atoms with van der Waals surface area (Å²) in [5.41, 5.74) is 2.24. The number of anilines is 1. The summed E-state index contributed by atoms with van der Waals surface area (Å²) in [5, 5.41) is 3.58. The van der Waals surface area contributed by atoms with Crippen LogP contribution in [0.15, 0.2) is 28.7 Å². The summed E-state index contributed by atoms with van der Waals surface area (Å²) in [4.78, 5) is 2.78. The molecule has 0 saturated heterocycles. The maximum atomic E-state index is 5.48. The predicted octanol–water partition coefficient (Wildman–Crippen LogP) is 5.56.